The molecule has 0 saturated carbocycles. The van der Waals surface area contributed by atoms with Crippen LogP contribution < -0.4 is 25.9 Å². The first-order chi connectivity index (χ1) is 16.0. The monoisotopic (exact) mass is 498 g/mol. The Labute approximate surface area is 192 Å². The summed E-state index contributed by atoms with van der Waals surface area (Å²) in [7, 11) is -4.82. The normalized spacial score (nSPS) is 13.8. The van der Waals surface area contributed by atoms with Gasteiger partial charge < -0.3 is 30.6 Å². The molecule has 0 fully saturated rings. The number of amides is 1. The van der Waals surface area contributed by atoms with Crippen molar-refractivity contribution in [3.63, 3.8) is 0 Å². The second-order valence-electron chi connectivity index (χ2n) is 7.24. The zero-order valence-corrected chi connectivity index (χ0v) is 18.5. The smallest absolute Gasteiger partial charge is 0.412 e. The molecule has 0 spiro atoms. The summed E-state index contributed by atoms with van der Waals surface area (Å²) in [6.45, 7) is 0. The van der Waals surface area contributed by atoms with E-state index in [0.717, 1.165) is 0 Å². The molecular weight excluding hydrogens is 476 g/mol. The van der Waals surface area contributed by atoms with Crippen LogP contribution in [0.4, 0.5) is 13.2 Å². The maximum atomic E-state index is 13.9. The zero-order chi connectivity index (χ0) is 24.9. The van der Waals surface area contributed by atoms with Crippen LogP contribution >= 0.6 is 7.60 Å². The van der Waals surface area contributed by atoms with Crippen molar-refractivity contribution in [3.05, 3.63) is 72.2 Å². The number of hydrogen-bond acceptors (Lipinski definition) is 7. The average molecular weight is 498 g/mol. The van der Waals surface area contributed by atoms with Gasteiger partial charge in [0.25, 0.3) is 0 Å². The van der Waals surface area contributed by atoms with Crippen molar-refractivity contribution in [2.24, 2.45) is 11.5 Å². The first kappa shape index (κ1) is 25.3. The van der Waals surface area contributed by atoms with Crippen LogP contribution in [0.3, 0.4) is 0 Å². The molecule has 1 aromatic heterocycles. The van der Waals surface area contributed by atoms with Crippen LogP contribution in [0.5, 0.6) is 11.5 Å². The number of benzene rings is 2. The number of carbonyl (C=O) groups is 1. The summed E-state index contributed by atoms with van der Waals surface area (Å²) in [5.74, 6) is -1.38. The third kappa shape index (κ3) is 6.16. The molecule has 2 atom stereocenters. The molecule has 0 aliphatic rings. The highest BCUT2D eigenvalue weighted by molar-refractivity contribution is 7.62. The minimum absolute atomic E-state index is 0.0295. The molecule has 3 aromatic rings. The van der Waals surface area contributed by atoms with E-state index in [1.165, 1.54) is 48.5 Å². The summed E-state index contributed by atoms with van der Waals surface area (Å²) in [6.07, 6.45) is -7.14. The Morgan fingerprint density at radius 3 is 2.00 bits per heavy atom. The van der Waals surface area contributed by atoms with E-state index >= 15 is 0 Å². The lowest BCUT2D eigenvalue weighted by Gasteiger charge is -2.20. The van der Waals surface area contributed by atoms with Gasteiger partial charge in [-0.3, -0.25) is 4.79 Å². The highest BCUT2D eigenvalue weighted by atomic mass is 31.2. The highest BCUT2D eigenvalue weighted by Crippen LogP contribution is 2.49. The number of nitrogens with one attached hydrogen (secondary N) is 1. The van der Waals surface area contributed by atoms with E-state index < -0.39 is 48.8 Å². The van der Waals surface area contributed by atoms with Gasteiger partial charge in [-0.05, 0) is 30.7 Å². The van der Waals surface area contributed by atoms with Crippen LogP contribution in [0.1, 0.15) is 30.5 Å². The molecule has 1 unspecified atom stereocenters. The quantitative estimate of drug-likeness (QED) is 0.313. The first-order valence-corrected chi connectivity index (χ1v) is 11.5. The predicted octanol–water partition coefficient (Wildman–Crippen LogP) is 3.03. The standard InChI is InChI=1S/C21H22F3N4O5P/c22-21(23,24)18-20(28-19(27-18)17(30)15(25)11-12-16(26)29)34(31,32-13-7-3-1-4-8-13)33-14-9-5-2-6-10-14/h1-10,15,17,30H,11-12,25H2,(H2,26,29)(H,27,28)/t15-,17?/m0/s1. The molecule has 0 aliphatic heterocycles. The predicted molar refractivity (Wildman–Crippen MR) is 116 cm³/mol. The number of primary amides is 1. The number of aliphatic hydroxyl groups is 1. The van der Waals surface area contributed by atoms with Crippen molar-refractivity contribution in [2.75, 3.05) is 0 Å². The van der Waals surface area contributed by atoms with Gasteiger partial charge in [-0.2, -0.15) is 13.2 Å². The third-order valence-corrected chi connectivity index (χ3v) is 6.34. The van der Waals surface area contributed by atoms with Gasteiger partial charge in [0.05, 0.1) is 0 Å². The van der Waals surface area contributed by atoms with Gasteiger partial charge in [0, 0.05) is 12.5 Å². The molecule has 0 radical (unpaired) electrons. The fraction of sp³-hybridized carbons (Fsp3) is 0.238. The lowest BCUT2D eigenvalue weighted by Crippen LogP contribution is -2.31. The van der Waals surface area contributed by atoms with E-state index in [4.69, 9.17) is 20.5 Å². The minimum Gasteiger partial charge on any atom is -0.412 e. The topological polar surface area (TPSA) is 154 Å². The number of aromatic amines is 1. The number of carbonyl (C=O) groups excluding carboxylic acids is 1. The Morgan fingerprint density at radius 2 is 1.56 bits per heavy atom. The van der Waals surface area contributed by atoms with Crippen molar-refractivity contribution in [2.45, 2.75) is 31.2 Å². The molecule has 0 aliphatic carbocycles. The minimum atomic E-state index is -5.06. The zero-order valence-electron chi connectivity index (χ0n) is 17.6. The Morgan fingerprint density at radius 1 is 1.06 bits per heavy atom. The van der Waals surface area contributed by atoms with E-state index in [1.807, 2.05) is 4.98 Å². The van der Waals surface area contributed by atoms with Crippen molar-refractivity contribution >= 4 is 18.9 Å². The number of nitrogens with two attached hydrogens (primary N) is 2. The molecular formula is C21H22F3N4O5P. The van der Waals surface area contributed by atoms with Gasteiger partial charge in [-0.1, -0.05) is 36.4 Å². The fourth-order valence-electron chi connectivity index (χ4n) is 2.93. The maximum absolute atomic E-state index is 13.9. The molecule has 34 heavy (non-hydrogen) atoms. The lowest BCUT2D eigenvalue weighted by atomic mass is 10.1. The van der Waals surface area contributed by atoms with E-state index in [9.17, 15) is 27.6 Å². The number of aliphatic hydroxyl groups excluding tert-OH is 1. The number of H-pyrrole nitrogens is 1. The number of alkyl halides is 3. The van der Waals surface area contributed by atoms with E-state index in [1.54, 1.807) is 12.1 Å². The summed E-state index contributed by atoms with van der Waals surface area (Å²) >= 11 is 0. The number of imidazole rings is 1. The van der Waals surface area contributed by atoms with Crippen molar-refractivity contribution in [1.82, 2.24) is 9.97 Å². The molecule has 13 heteroatoms. The molecule has 0 saturated heterocycles. The van der Waals surface area contributed by atoms with Gasteiger partial charge in [-0.25, -0.2) is 9.55 Å². The van der Waals surface area contributed by atoms with E-state index in [2.05, 4.69) is 4.98 Å². The van der Waals surface area contributed by atoms with Crippen LogP contribution in [-0.4, -0.2) is 27.0 Å². The summed E-state index contributed by atoms with van der Waals surface area (Å²) in [6, 6.07) is 13.8. The van der Waals surface area contributed by atoms with Gasteiger partial charge in [0.15, 0.2) is 5.69 Å². The molecule has 1 amide bonds. The molecule has 2 aromatic carbocycles. The number of rotatable bonds is 10. The second kappa shape index (κ2) is 10.3. The van der Waals surface area contributed by atoms with Crippen LogP contribution in [0.2, 0.25) is 0 Å². The third-order valence-electron chi connectivity index (χ3n) is 4.59. The number of aromatic nitrogens is 2. The lowest BCUT2D eigenvalue weighted by molar-refractivity contribution is -0.140. The van der Waals surface area contributed by atoms with E-state index in [0.29, 0.717) is 0 Å². The number of halogens is 3. The molecule has 6 N–H and O–H groups in total. The fourth-order valence-corrected chi connectivity index (χ4v) is 4.63. The average Bonchev–Trinajstić information content (AvgIpc) is 3.25. The van der Waals surface area contributed by atoms with Crippen LogP contribution in [-0.2, 0) is 15.5 Å². The molecule has 182 valence electrons. The Balaban J connectivity index is 2.08. The van der Waals surface area contributed by atoms with Gasteiger partial charge in [0.1, 0.15) is 23.4 Å². The summed E-state index contributed by atoms with van der Waals surface area (Å²) in [4.78, 5) is 16.7. The van der Waals surface area contributed by atoms with Crippen molar-refractivity contribution in [1.29, 1.82) is 0 Å². The van der Waals surface area contributed by atoms with Crippen LogP contribution in [0.15, 0.2) is 60.7 Å². The van der Waals surface area contributed by atoms with Gasteiger partial charge >= 0.3 is 13.8 Å². The maximum Gasteiger partial charge on any atom is 0.483 e. The number of nitrogens with zero attached hydrogens (tertiary/aromatic N) is 1. The summed E-state index contributed by atoms with van der Waals surface area (Å²) < 4.78 is 66.4. The molecule has 3 rings (SSSR count). The Hall–Kier alpha value is -3.34. The Kier molecular flexibility index (Phi) is 7.65. The van der Waals surface area contributed by atoms with Crippen LogP contribution in [0.25, 0.3) is 0 Å². The Bertz CT molecular complexity index is 1110. The van der Waals surface area contributed by atoms with E-state index in [-0.39, 0.29) is 24.3 Å². The molecule has 1 heterocycles. The largest absolute Gasteiger partial charge is 0.483 e. The second-order valence-corrected chi connectivity index (χ2v) is 9.02. The SMILES string of the molecule is NC(=O)CC[C@H](N)C(O)c1nc(P(=O)(Oc2ccccc2)Oc2ccccc2)c(C(F)(F)F)[nH]1. The van der Waals surface area contributed by atoms with Gasteiger partial charge in [-0.15, -0.1) is 0 Å². The van der Waals surface area contributed by atoms with Gasteiger partial charge in [0.2, 0.25) is 11.3 Å². The van der Waals surface area contributed by atoms with Crippen molar-refractivity contribution in [3.8, 4) is 11.5 Å². The molecule has 9 nitrogen and oxygen atoms in total. The summed E-state index contributed by atoms with van der Waals surface area (Å²) in [5, 5.41) is 10.4. The molecule has 0 bridgehead atoms. The first-order valence-electron chi connectivity index (χ1n) is 9.98. The summed E-state index contributed by atoms with van der Waals surface area (Å²) in [5.41, 5.74) is 8.23. The number of hydrogen-bond donors (Lipinski definition) is 4. The number of para-hydroxylation sites is 2. The van der Waals surface area contributed by atoms with Crippen molar-refractivity contribution < 1.29 is 36.7 Å². The highest BCUT2D eigenvalue weighted by Gasteiger charge is 2.47. The van der Waals surface area contributed by atoms with Crippen LogP contribution in [0, 0.1) is 0 Å².